The van der Waals surface area contributed by atoms with Crippen LogP contribution >= 0.6 is 0 Å². The summed E-state index contributed by atoms with van der Waals surface area (Å²) in [6.45, 7) is 0.416. The van der Waals surface area contributed by atoms with Crippen LogP contribution in [0.15, 0.2) is 24.3 Å². The highest BCUT2D eigenvalue weighted by molar-refractivity contribution is 6.40. The Bertz CT molecular complexity index is 420. The third kappa shape index (κ3) is 2.94. The van der Waals surface area contributed by atoms with Gasteiger partial charge < -0.3 is 16.2 Å². The van der Waals surface area contributed by atoms with E-state index in [0.29, 0.717) is 11.4 Å². The number of amides is 2. The quantitative estimate of drug-likeness (QED) is 0.688. The number of methoxy groups -OCH3 is 1. The first kappa shape index (κ1) is 13.0. The topological polar surface area (TPSA) is 98.7 Å². The number of carbonyl (C=O) groups is 2. The van der Waals surface area contributed by atoms with Crippen LogP contribution in [0, 0.1) is 0 Å². The highest BCUT2D eigenvalue weighted by Gasteiger charge is 2.22. The molecule has 0 unspecified atom stereocenters. The van der Waals surface area contributed by atoms with Crippen molar-refractivity contribution in [3.05, 3.63) is 24.3 Å². The number of hydrogen-bond donors (Lipinski definition) is 2. The maximum absolute atomic E-state index is 11.6. The Kier molecular flexibility index (Phi) is 4.47. The second-order valence-electron chi connectivity index (χ2n) is 3.28. The standard InChI is InChI=1S/C11H15N3O3/c1-17-9-5-3-2-4-8(9)14(7-6-12)11(16)10(13)15/h2-5H,6-7,12H2,1H3,(H2,13,15). The molecule has 0 spiro atoms. The fraction of sp³-hybridized carbons (Fsp3) is 0.273. The summed E-state index contributed by atoms with van der Waals surface area (Å²) in [5.41, 5.74) is 10.9. The molecule has 1 rings (SSSR count). The van der Waals surface area contributed by atoms with Gasteiger partial charge >= 0.3 is 11.8 Å². The number of nitrogens with zero attached hydrogens (tertiary/aromatic N) is 1. The minimum absolute atomic E-state index is 0.197. The van der Waals surface area contributed by atoms with E-state index in [1.54, 1.807) is 24.3 Å². The zero-order chi connectivity index (χ0) is 12.8. The maximum Gasteiger partial charge on any atom is 0.316 e. The molecule has 6 nitrogen and oxygen atoms in total. The summed E-state index contributed by atoms with van der Waals surface area (Å²) in [5.74, 6) is -1.35. The molecule has 0 saturated heterocycles. The van der Waals surface area contributed by atoms with Crippen LogP contribution in [-0.2, 0) is 9.59 Å². The molecular weight excluding hydrogens is 222 g/mol. The Balaban J connectivity index is 3.13. The Morgan fingerprint density at radius 1 is 1.35 bits per heavy atom. The highest BCUT2D eigenvalue weighted by Crippen LogP contribution is 2.27. The molecule has 0 aliphatic carbocycles. The molecule has 1 aromatic carbocycles. The van der Waals surface area contributed by atoms with E-state index in [-0.39, 0.29) is 13.1 Å². The first-order valence-electron chi connectivity index (χ1n) is 5.06. The second kappa shape index (κ2) is 5.86. The van der Waals surface area contributed by atoms with Crippen LogP contribution in [0.3, 0.4) is 0 Å². The summed E-state index contributed by atoms with van der Waals surface area (Å²) < 4.78 is 5.12. The molecule has 2 amide bonds. The Morgan fingerprint density at radius 2 is 2.00 bits per heavy atom. The first-order valence-corrected chi connectivity index (χ1v) is 5.06. The maximum atomic E-state index is 11.6. The molecule has 0 aliphatic rings. The lowest BCUT2D eigenvalue weighted by atomic mass is 10.2. The Hall–Kier alpha value is -2.08. The normalized spacial score (nSPS) is 9.76. The summed E-state index contributed by atoms with van der Waals surface area (Å²) in [5, 5.41) is 0. The van der Waals surface area contributed by atoms with Crippen molar-refractivity contribution in [1.82, 2.24) is 0 Å². The SMILES string of the molecule is COc1ccccc1N(CCN)C(=O)C(N)=O. The number of para-hydroxylation sites is 2. The van der Waals surface area contributed by atoms with E-state index in [1.807, 2.05) is 0 Å². The molecule has 0 fully saturated rings. The van der Waals surface area contributed by atoms with E-state index < -0.39 is 11.8 Å². The number of rotatable bonds is 4. The van der Waals surface area contributed by atoms with Gasteiger partial charge in [0.2, 0.25) is 0 Å². The number of carbonyl (C=O) groups excluding carboxylic acids is 2. The van der Waals surface area contributed by atoms with Gasteiger partial charge in [-0.1, -0.05) is 12.1 Å². The van der Waals surface area contributed by atoms with Crippen molar-refractivity contribution in [2.45, 2.75) is 0 Å². The van der Waals surface area contributed by atoms with Crippen molar-refractivity contribution in [1.29, 1.82) is 0 Å². The Morgan fingerprint density at radius 3 is 2.53 bits per heavy atom. The molecule has 0 bridgehead atoms. The van der Waals surface area contributed by atoms with Crippen molar-refractivity contribution < 1.29 is 14.3 Å². The van der Waals surface area contributed by atoms with E-state index in [1.165, 1.54) is 12.0 Å². The van der Waals surface area contributed by atoms with Gasteiger partial charge in [-0.25, -0.2) is 0 Å². The first-order chi connectivity index (χ1) is 8.11. The molecule has 0 saturated carbocycles. The van der Waals surface area contributed by atoms with E-state index in [4.69, 9.17) is 16.2 Å². The van der Waals surface area contributed by atoms with Crippen LogP contribution in [0.4, 0.5) is 5.69 Å². The van der Waals surface area contributed by atoms with Gasteiger partial charge in [0.25, 0.3) is 0 Å². The molecule has 0 atom stereocenters. The van der Waals surface area contributed by atoms with Crippen molar-refractivity contribution in [2.24, 2.45) is 11.5 Å². The van der Waals surface area contributed by atoms with Crippen LogP contribution in [0.25, 0.3) is 0 Å². The molecule has 1 aromatic rings. The highest BCUT2D eigenvalue weighted by atomic mass is 16.5. The molecule has 0 aliphatic heterocycles. The zero-order valence-corrected chi connectivity index (χ0v) is 9.55. The molecule has 0 radical (unpaired) electrons. The average Bonchev–Trinajstić information content (AvgIpc) is 2.35. The van der Waals surface area contributed by atoms with E-state index in [0.717, 1.165) is 0 Å². The smallest absolute Gasteiger partial charge is 0.316 e. The van der Waals surface area contributed by atoms with Gasteiger partial charge in [0.1, 0.15) is 5.75 Å². The van der Waals surface area contributed by atoms with Gasteiger partial charge in [-0.15, -0.1) is 0 Å². The summed E-state index contributed by atoms with van der Waals surface area (Å²) in [4.78, 5) is 23.8. The number of nitrogens with two attached hydrogens (primary N) is 2. The summed E-state index contributed by atoms with van der Waals surface area (Å²) in [6, 6.07) is 6.84. The van der Waals surface area contributed by atoms with Crippen LogP contribution in [0.1, 0.15) is 0 Å². The third-order valence-corrected chi connectivity index (χ3v) is 2.18. The van der Waals surface area contributed by atoms with E-state index in [9.17, 15) is 9.59 Å². The van der Waals surface area contributed by atoms with Gasteiger partial charge in [0.15, 0.2) is 0 Å². The molecule has 0 aromatic heterocycles. The lowest BCUT2D eigenvalue weighted by Gasteiger charge is -2.22. The van der Waals surface area contributed by atoms with Gasteiger partial charge in [0, 0.05) is 13.1 Å². The van der Waals surface area contributed by atoms with Crippen LogP contribution in [0.5, 0.6) is 5.75 Å². The number of anilines is 1. The summed E-state index contributed by atoms with van der Waals surface area (Å²) >= 11 is 0. The average molecular weight is 237 g/mol. The van der Waals surface area contributed by atoms with Crippen LogP contribution in [-0.4, -0.2) is 32.0 Å². The molecule has 17 heavy (non-hydrogen) atoms. The minimum Gasteiger partial charge on any atom is -0.495 e. The third-order valence-electron chi connectivity index (χ3n) is 2.18. The Labute approximate surface area is 99.1 Å². The minimum atomic E-state index is -1.02. The lowest BCUT2D eigenvalue weighted by molar-refractivity contribution is -0.135. The van der Waals surface area contributed by atoms with E-state index in [2.05, 4.69) is 0 Å². The molecule has 0 heterocycles. The summed E-state index contributed by atoms with van der Waals surface area (Å²) in [6.07, 6.45) is 0. The fourth-order valence-corrected chi connectivity index (χ4v) is 1.45. The predicted molar refractivity (Wildman–Crippen MR) is 63.6 cm³/mol. The molecule has 92 valence electrons. The van der Waals surface area contributed by atoms with Crippen molar-refractivity contribution in [3.63, 3.8) is 0 Å². The number of primary amides is 1. The number of ether oxygens (including phenoxy) is 1. The molecular formula is C11H15N3O3. The lowest BCUT2D eigenvalue weighted by Crippen LogP contribution is -2.43. The van der Waals surface area contributed by atoms with Crippen molar-refractivity contribution in [2.75, 3.05) is 25.1 Å². The molecule has 4 N–H and O–H groups in total. The predicted octanol–water partition coefficient (Wildman–Crippen LogP) is -0.528. The van der Waals surface area contributed by atoms with Gasteiger partial charge in [-0.2, -0.15) is 0 Å². The number of hydrogen-bond acceptors (Lipinski definition) is 4. The number of benzene rings is 1. The largest absolute Gasteiger partial charge is 0.495 e. The van der Waals surface area contributed by atoms with Gasteiger partial charge in [0.05, 0.1) is 12.8 Å². The molecule has 6 heteroatoms. The van der Waals surface area contributed by atoms with Crippen LogP contribution < -0.4 is 21.1 Å². The fourth-order valence-electron chi connectivity index (χ4n) is 1.45. The zero-order valence-electron chi connectivity index (χ0n) is 9.55. The van der Waals surface area contributed by atoms with Crippen molar-refractivity contribution in [3.8, 4) is 5.75 Å². The van der Waals surface area contributed by atoms with E-state index >= 15 is 0 Å². The van der Waals surface area contributed by atoms with Crippen LogP contribution in [0.2, 0.25) is 0 Å². The van der Waals surface area contributed by atoms with Crippen molar-refractivity contribution >= 4 is 17.5 Å². The monoisotopic (exact) mass is 237 g/mol. The van der Waals surface area contributed by atoms with Gasteiger partial charge in [-0.3, -0.25) is 14.5 Å². The second-order valence-corrected chi connectivity index (χ2v) is 3.28. The van der Waals surface area contributed by atoms with Gasteiger partial charge in [-0.05, 0) is 12.1 Å². The summed E-state index contributed by atoms with van der Waals surface area (Å²) in [7, 11) is 1.48.